The number of nitrogens with zero attached hydrogens (tertiary/aromatic N) is 1. The standard InChI is InChI=1S/C17H21NO2/c18-12-14-6-2-3-7-16(14)19-13-15-8-11-17(20-15)9-4-1-5-10-17/h2-3,6-7,15H,1,4-5,8-11,13H2. The molecule has 20 heavy (non-hydrogen) atoms. The lowest BCUT2D eigenvalue weighted by atomic mass is 9.83. The van der Waals surface area contributed by atoms with E-state index in [1.807, 2.05) is 18.2 Å². The maximum absolute atomic E-state index is 9.05. The zero-order valence-corrected chi connectivity index (χ0v) is 11.8. The van der Waals surface area contributed by atoms with Crippen LogP contribution in [-0.4, -0.2) is 18.3 Å². The minimum Gasteiger partial charge on any atom is -0.489 e. The second-order valence-corrected chi connectivity index (χ2v) is 5.94. The summed E-state index contributed by atoms with van der Waals surface area (Å²) in [6.07, 6.45) is 8.78. The van der Waals surface area contributed by atoms with E-state index in [1.165, 1.54) is 38.5 Å². The van der Waals surface area contributed by atoms with Gasteiger partial charge >= 0.3 is 0 Å². The molecule has 106 valence electrons. The van der Waals surface area contributed by atoms with Crippen LogP contribution in [0.15, 0.2) is 24.3 Å². The molecule has 0 bridgehead atoms. The van der Waals surface area contributed by atoms with Gasteiger partial charge in [0.1, 0.15) is 18.4 Å². The number of nitriles is 1. The van der Waals surface area contributed by atoms with Gasteiger partial charge in [-0.15, -0.1) is 0 Å². The highest BCUT2D eigenvalue weighted by Crippen LogP contribution is 2.41. The largest absolute Gasteiger partial charge is 0.489 e. The van der Waals surface area contributed by atoms with Gasteiger partial charge in [0.2, 0.25) is 0 Å². The maximum Gasteiger partial charge on any atom is 0.137 e. The number of hydrogen-bond donors (Lipinski definition) is 0. The lowest BCUT2D eigenvalue weighted by Gasteiger charge is -2.33. The molecule has 3 heteroatoms. The van der Waals surface area contributed by atoms with Crippen LogP contribution in [0.5, 0.6) is 5.75 Å². The average molecular weight is 271 g/mol. The first-order valence-electron chi connectivity index (χ1n) is 7.61. The molecule has 0 aromatic heterocycles. The zero-order chi connectivity index (χ0) is 13.8. The van der Waals surface area contributed by atoms with Gasteiger partial charge in [-0.3, -0.25) is 0 Å². The van der Waals surface area contributed by atoms with Gasteiger partial charge < -0.3 is 9.47 Å². The molecule has 0 amide bonds. The highest BCUT2D eigenvalue weighted by Gasteiger charge is 2.40. The highest BCUT2D eigenvalue weighted by atomic mass is 16.6. The van der Waals surface area contributed by atoms with Crippen LogP contribution in [0, 0.1) is 11.3 Å². The Balaban J connectivity index is 1.56. The summed E-state index contributed by atoms with van der Waals surface area (Å²) in [6.45, 7) is 0.556. The van der Waals surface area contributed by atoms with E-state index in [0.717, 1.165) is 6.42 Å². The molecule has 3 rings (SSSR count). The van der Waals surface area contributed by atoms with Crippen LogP contribution in [0.4, 0.5) is 0 Å². The molecule has 2 fully saturated rings. The smallest absolute Gasteiger partial charge is 0.137 e. The minimum absolute atomic E-state index is 0.140. The van der Waals surface area contributed by atoms with Gasteiger partial charge in [-0.25, -0.2) is 0 Å². The second kappa shape index (κ2) is 5.85. The first-order valence-corrected chi connectivity index (χ1v) is 7.61. The molecule has 1 aliphatic carbocycles. The third-order valence-electron chi connectivity index (χ3n) is 4.54. The Bertz CT molecular complexity index is 500. The van der Waals surface area contributed by atoms with Crippen molar-refractivity contribution in [1.82, 2.24) is 0 Å². The van der Waals surface area contributed by atoms with Crippen molar-refractivity contribution in [3.8, 4) is 11.8 Å². The number of ether oxygens (including phenoxy) is 2. The fourth-order valence-corrected chi connectivity index (χ4v) is 3.44. The third-order valence-corrected chi connectivity index (χ3v) is 4.54. The van der Waals surface area contributed by atoms with Gasteiger partial charge in [0.15, 0.2) is 0 Å². The molecule has 1 saturated carbocycles. The van der Waals surface area contributed by atoms with Crippen LogP contribution >= 0.6 is 0 Å². The van der Waals surface area contributed by atoms with Gasteiger partial charge in [0.25, 0.3) is 0 Å². The molecule has 1 aromatic rings. The van der Waals surface area contributed by atoms with Crippen LogP contribution in [0.25, 0.3) is 0 Å². The molecular weight excluding hydrogens is 250 g/mol. The van der Waals surface area contributed by atoms with Crippen molar-refractivity contribution in [2.24, 2.45) is 0 Å². The van der Waals surface area contributed by atoms with Gasteiger partial charge in [0, 0.05) is 0 Å². The van der Waals surface area contributed by atoms with E-state index in [4.69, 9.17) is 14.7 Å². The van der Waals surface area contributed by atoms with Gasteiger partial charge in [0.05, 0.1) is 17.3 Å². The van der Waals surface area contributed by atoms with Crippen LogP contribution < -0.4 is 4.74 Å². The molecule has 1 unspecified atom stereocenters. The van der Waals surface area contributed by atoms with Crippen molar-refractivity contribution in [2.75, 3.05) is 6.61 Å². The predicted molar refractivity (Wildman–Crippen MR) is 76.6 cm³/mol. The maximum atomic E-state index is 9.05. The molecule has 0 N–H and O–H groups in total. The quantitative estimate of drug-likeness (QED) is 0.839. The van der Waals surface area contributed by atoms with Crippen LogP contribution in [-0.2, 0) is 4.74 Å². The summed E-state index contributed by atoms with van der Waals surface area (Å²) in [4.78, 5) is 0. The lowest BCUT2D eigenvalue weighted by molar-refractivity contribution is -0.0748. The predicted octanol–water partition coefficient (Wildman–Crippen LogP) is 3.82. The highest BCUT2D eigenvalue weighted by molar-refractivity contribution is 5.42. The topological polar surface area (TPSA) is 42.2 Å². The van der Waals surface area contributed by atoms with E-state index in [2.05, 4.69) is 6.07 Å². The van der Waals surface area contributed by atoms with Crippen LogP contribution in [0.1, 0.15) is 50.5 Å². The van der Waals surface area contributed by atoms with Crippen LogP contribution in [0.3, 0.4) is 0 Å². The molecule has 2 aliphatic rings. The first-order chi connectivity index (χ1) is 9.81. The SMILES string of the molecule is N#Cc1ccccc1OCC1CCC2(CCCCC2)O1. The molecule has 3 nitrogen and oxygen atoms in total. The zero-order valence-electron chi connectivity index (χ0n) is 11.8. The molecule has 1 atom stereocenters. The molecule has 0 radical (unpaired) electrons. The van der Waals surface area contributed by atoms with E-state index in [1.54, 1.807) is 6.07 Å². The summed E-state index contributed by atoms with van der Waals surface area (Å²) in [7, 11) is 0. The summed E-state index contributed by atoms with van der Waals surface area (Å²) in [5.74, 6) is 0.670. The monoisotopic (exact) mass is 271 g/mol. The number of benzene rings is 1. The lowest BCUT2D eigenvalue weighted by Crippen LogP contribution is -2.32. The fourth-order valence-electron chi connectivity index (χ4n) is 3.44. The molecule has 1 aromatic carbocycles. The minimum atomic E-state index is 0.140. The molecule has 1 aliphatic heterocycles. The summed E-state index contributed by atoms with van der Waals surface area (Å²) >= 11 is 0. The Morgan fingerprint density at radius 2 is 2.00 bits per heavy atom. The fraction of sp³-hybridized carbons (Fsp3) is 0.588. The van der Waals surface area contributed by atoms with Crippen LogP contribution in [0.2, 0.25) is 0 Å². The number of para-hydroxylation sites is 1. The van der Waals surface area contributed by atoms with Crippen molar-refractivity contribution < 1.29 is 9.47 Å². The van der Waals surface area contributed by atoms with Crippen molar-refractivity contribution in [2.45, 2.75) is 56.7 Å². The Morgan fingerprint density at radius 1 is 1.20 bits per heavy atom. The average Bonchev–Trinajstić information content (AvgIpc) is 2.89. The van der Waals surface area contributed by atoms with Crippen molar-refractivity contribution in [3.05, 3.63) is 29.8 Å². The Hall–Kier alpha value is -1.53. The van der Waals surface area contributed by atoms with E-state index >= 15 is 0 Å². The second-order valence-electron chi connectivity index (χ2n) is 5.94. The van der Waals surface area contributed by atoms with Gasteiger partial charge in [-0.05, 0) is 37.8 Å². The van der Waals surface area contributed by atoms with E-state index < -0.39 is 0 Å². The van der Waals surface area contributed by atoms with Gasteiger partial charge in [-0.1, -0.05) is 31.4 Å². The van der Waals surface area contributed by atoms with Crippen molar-refractivity contribution in [3.63, 3.8) is 0 Å². The third kappa shape index (κ3) is 2.81. The normalized spacial score (nSPS) is 24.4. The van der Waals surface area contributed by atoms with Crippen molar-refractivity contribution >= 4 is 0 Å². The Kier molecular flexibility index (Phi) is 3.93. The van der Waals surface area contributed by atoms with E-state index in [0.29, 0.717) is 17.9 Å². The summed E-state index contributed by atoms with van der Waals surface area (Å²) in [5, 5.41) is 9.05. The van der Waals surface area contributed by atoms with Gasteiger partial charge in [-0.2, -0.15) is 5.26 Å². The first kappa shape index (κ1) is 13.5. The summed E-state index contributed by atoms with van der Waals surface area (Å²) < 4.78 is 12.1. The van der Waals surface area contributed by atoms with Crippen molar-refractivity contribution in [1.29, 1.82) is 5.26 Å². The number of hydrogen-bond acceptors (Lipinski definition) is 3. The number of rotatable bonds is 3. The molecule has 1 spiro atoms. The Labute approximate surface area is 120 Å². The molecule has 1 heterocycles. The molecule has 1 saturated heterocycles. The molecular formula is C17H21NO2. The Morgan fingerprint density at radius 3 is 2.80 bits per heavy atom. The summed E-state index contributed by atoms with van der Waals surface area (Å²) in [5.41, 5.74) is 0.735. The van der Waals surface area contributed by atoms with E-state index in [-0.39, 0.29) is 11.7 Å². The summed E-state index contributed by atoms with van der Waals surface area (Å²) in [6, 6.07) is 9.55. The van der Waals surface area contributed by atoms with E-state index in [9.17, 15) is 0 Å².